The monoisotopic (exact) mass is 396 g/mol. The zero-order valence-electron chi connectivity index (χ0n) is 16.5. The fourth-order valence-corrected chi connectivity index (χ4v) is 3.48. The summed E-state index contributed by atoms with van der Waals surface area (Å²) in [5, 5.41) is 0.601. The molecule has 0 atom stereocenters. The van der Waals surface area contributed by atoms with Crippen LogP contribution < -0.4 is 9.64 Å². The fourth-order valence-electron chi connectivity index (χ4n) is 2.57. The Morgan fingerprint density at radius 3 is 2.36 bits per heavy atom. The van der Waals surface area contributed by atoms with E-state index in [9.17, 15) is 4.79 Å². The Morgan fingerprint density at radius 2 is 1.75 bits per heavy atom. The number of anilines is 1. The number of rotatable bonds is 5. The smallest absolute Gasteiger partial charge is 0.416 e. The number of thiazole rings is 1. The van der Waals surface area contributed by atoms with Crippen LogP contribution in [0.3, 0.4) is 0 Å². The summed E-state index contributed by atoms with van der Waals surface area (Å²) in [7, 11) is 1.63. The normalized spacial score (nSPS) is 11.1. The van der Waals surface area contributed by atoms with Crippen molar-refractivity contribution in [3.8, 4) is 16.2 Å². The van der Waals surface area contributed by atoms with E-state index in [1.54, 1.807) is 18.2 Å². The van der Waals surface area contributed by atoms with E-state index in [2.05, 4.69) is 4.98 Å². The third kappa shape index (κ3) is 5.10. The van der Waals surface area contributed by atoms with Crippen molar-refractivity contribution in [2.45, 2.75) is 32.9 Å². The van der Waals surface area contributed by atoms with Crippen molar-refractivity contribution >= 4 is 22.6 Å². The molecule has 146 valence electrons. The summed E-state index contributed by atoms with van der Waals surface area (Å²) in [5.41, 5.74) is 1.44. The summed E-state index contributed by atoms with van der Waals surface area (Å²) in [6.07, 6.45) is 1.37. The van der Waals surface area contributed by atoms with Gasteiger partial charge in [-0.1, -0.05) is 53.8 Å². The topological polar surface area (TPSA) is 51.7 Å². The molecule has 0 unspecified atom stereocenters. The van der Waals surface area contributed by atoms with Crippen molar-refractivity contribution in [2.24, 2.45) is 0 Å². The highest BCUT2D eigenvalue weighted by atomic mass is 32.1. The van der Waals surface area contributed by atoms with Crippen LogP contribution >= 0.6 is 11.3 Å². The number of carbonyl (C=O) groups excluding carboxylic acids is 1. The van der Waals surface area contributed by atoms with Crippen LogP contribution in [0.5, 0.6) is 5.75 Å². The lowest BCUT2D eigenvalue weighted by Gasteiger charge is -2.26. The zero-order chi connectivity index (χ0) is 20.1. The lowest BCUT2D eigenvalue weighted by molar-refractivity contribution is 0.0577. The molecule has 0 N–H and O–H groups in total. The SMILES string of the molecule is COc1ccc(CN(C(=O)OC(C)(C)C)c2ncc(-c3ccccc3)s2)cc1. The quantitative estimate of drug-likeness (QED) is 0.550. The molecule has 5 nitrogen and oxygen atoms in total. The van der Waals surface area contributed by atoms with Crippen molar-refractivity contribution in [3.05, 3.63) is 66.4 Å². The summed E-state index contributed by atoms with van der Waals surface area (Å²) < 4.78 is 10.8. The standard InChI is InChI=1S/C22H24N2O3S/c1-22(2,3)27-21(25)24(15-16-10-12-18(26-4)13-11-16)20-23-14-19(28-20)17-8-6-5-7-9-17/h5-14H,15H2,1-4H3. The minimum absolute atomic E-state index is 0.362. The Balaban J connectivity index is 1.89. The molecule has 28 heavy (non-hydrogen) atoms. The first-order chi connectivity index (χ1) is 13.4. The van der Waals surface area contributed by atoms with Crippen molar-refractivity contribution < 1.29 is 14.3 Å². The van der Waals surface area contributed by atoms with Crippen LogP contribution in [-0.4, -0.2) is 23.8 Å². The second-order valence-electron chi connectivity index (χ2n) is 7.29. The first kappa shape index (κ1) is 19.9. The molecule has 0 fully saturated rings. The number of methoxy groups -OCH3 is 1. The molecule has 3 aromatic rings. The first-order valence-electron chi connectivity index (χ1n) is 9.00. The number of nitrogens with zero attached hydrogens (tertiary/aromatic N) is 2. The number of amides is 1. The molecule has 0 aliphatic rings. The predicted octanol–water partition coefficient (Wildman–Crippen LogP) is 5.76. The van der Waals surface area contributed by atoms with E-state index in [1.165, 1.54) is 11.3 Å². The Labute approximate surface area is 169 Å². The molecular weight excluding hydrogens is 372 g/mol. The minimum Gasteiger partial charge on any atom is -0.497 e. The van der Waals surface area contributed by atoms with Gasteiger partial charge in [0.15, 0.2) is 5.13 Å². The van der Waals surface area contributed by atoms with Gasteiger partial charge >= 0.3 is 6.09 Å². The molecule has 3 rings (SSSR count). The predicted molar refractivity (Wildman–Crippen MR) is 113 cm³/mol. The van der Waals surface area contributed by atoms with Gasteiger partial charge in [0, 0.05) is 6.20 Å². The minimum atomic E-state index is -0.589. The highest BCUT2D eigenvalue weighted by Crippen LogP contribution is 2.32. The lowest BCUT2D eigenvalue weighted by Crippen LogP contribution is -2.36. The third-order valence-electron chi connectivity index (χ3n) is 3.90. The lowest BCUT2D eigenvalue weighted by atomic mass is 10.2. The van der Waals surface area contributed by atoms with Crippen LogP contribution in [0.1, 0.15) is 26.3 Å². The van der Waals surface area contributed by atoms with Gasteiger partial charge in [0.25, 0.3) is 0 Å². The average Bonchev–Trinajstić information content (AvgIpc) is 3.15. The van der Waals surface area contributed by atoms with Gasteiger partial charge in [-0.2, -0.15) is 0 Å². The number of benzene rings is 2. The third-order valence-corrected chi connectivity index (χ3v) is 4.97. The number of hydrogen-bond donors (Lipinski definition) is 0. The molecule has 0 aliphatic carbocycles. The van der Waals surface area contributed by atoms with E-state index >= 15 is 0 Å². The van der Waals surface area contributed by atoms with Gasteiger partial charge in [-0.25, -0.2) is 14.7 Å². The maximum absolute atomic E-state index is 12.9. The molecule has 6 heteroatoms. The number of ether oxygens (including phenoxy) is 2. The van der Waals surface area contributed by atoms with Crippen LogP contribution in [0.4, 0.5) is 9.93 Å². The summed E-state index contributed by atoms with van der Waals surface area (Å²) in [5.74, 6) is 0.771. The van der Waals surface area contributed by atoms with Gasteiger partial charge < -0.3 is 9.47 Å². The van der Waals surface area contributed by atoms with E-state index in [4.69, 9.17) is 9.47 Å². The van der Waals surface area contributed by atoms with E-state index in [-0.39, 0.29) is 0 Å². The molecule has 1 amide bonds. The maximum Gasteiger partial charge on any atom is 0.416 e. The largest absolute Gasteiger partial charge is 0.497 e. The second-order valence-corrected chi connectivity index (χ2v) is 8.30. The summed E-state index contributed by atoms with van der Waals surface area (Å²) in [4.78, 5) is 19.9. The van der Waals surface area contributed by atoms with Crippen molar-refractivity contribution in [3.63, 3.8) is 0 Å². The number of aromatic nitrogens is 1. The summed E-state index contributed by atoms with van der Waals surface area (Å²) >= 11 is 1.46. The summed E-state index contributed by atoms with van der Waals surface area (Å²) in [6, 6.07) is 17.6. The second kappa shape index (κ2) is 8.44. The van der Waals surface area contributed by atoms with Crippen LogP contribution in [0, 0.1) is 0 Å². The van der Waals surface area contributed by atoms with Crippen LogP contribution in [0.2, 0.25) is 0 Å². The summed E-state index contributed by atoms with van der Waals surface area (Å²) in [6.45, 7) is 5.93. The van der Waals surface area contributed by atoms with Gasteiger partial charge in [0.2, 0.25) is 0 Å². The van der Waals surface area contributed by atoms with Gasteiger partial charge in [0.05, 0.1) is 18.5 Å². The Morgan fingerprint density at radius 1 is 1.07 bits per heavy atom. The number of hydrogen-bond acceptors (Lipinski definition) is 5. The highest BCUT2D eigenvalue weighted by molar-refractivity contribution is 7.19. The van der Waals surface area contributed by atoms with E-state index in [0.29, 0.717) is 11.7 Å². The molecule has 0 bridgehead atoms. The van der Waals surface area contributed by atoms with Crippen LogP contribution in [0.25, 0.3) is 10.4 Å². The van der Waals surface area contributed by atoms with Gasteiger partial charge in [-0.3, -0.25) is 0 Å². The molecule has 0 radical (unpaired) electrons. The van der Waals surface area contributed by atoms with E-state index < -0.39 is 11.7 Å². The van der Waals surface area contributed by atoms with Gasteiger partial charge in [-0.05, 0) is 44.0 Å². The van der Waals surface area contributed by atoms with E-state index in [1.807, 2.05) is 75.4 Å². The van der Waals surface area contributed by atoms with Crippen molar-refractivity contribution in [2.75, 3.05) is 12.0 Å². The molecule has 1 heterocycles. The Kier molecular flexibility index (Phi) is 5.99. The number of carbonyl (C=O) groups is 1. The molecule has 1 aromatic heterocycles. The Bertz CT molecular complexity index is 915. The average molecular weight is 397 g/mol. The van der Waals surface area contributed by atoms with Gasteiger partial charge in [0.1, 0.15) is 11.4 Å². The molecule has 0 saturated heterocycles. The van der Waals surface area contributed by atoms with Crippen LogP contribution in [-0.2, 0) is 11.3 Å². The molecule has 0 spiro atoms. The molecule has 2 aromatic carbocycles. The van der Waals surface area contributed by atoms with E-state index in [0.717, 1.165) is 21.8 Å². The molecule has 0 aliphatic heterocycles. The highest BCUT2D eigenvalue weighted by Gasteiger charge is 2.26. The van der Waals surface area contributed by atoms with Crippen LogP contribution in [0.15, 0.2) is 60.8 Å². The molecular formula is C22H24N2O3S. The maximum atomic E-state index is 12.9. The Hall–Kier alpha value is -2.86. The van der Waals surface area contributed by atoms with Gasteiger partial charge in [-0.15, -0.1) is 0 Å². The zero-order valence-corrected chi connectivity index (χ0v) is 17.3. The van der Waals surface area contributed by atoms with Crippen molar-refractivity contribution in [1.29, 1.82) is 0 Å². The molecule has 0 saturated carbocycles. The van der Waals surface area contributed by atoms with Crippen molar-refractivity contribution in [1.82, 2.24) is 4.98 Å². The first-order valence-corrected chi connectivity index (χ1v) is 9.82. The fraction of sp³-hybridized carbons (Fsp3) is 0.273.